The summed E-state index contributed by atoms with van der Waals surface area (Å²) in [5.41, 5.74) is 0. The minimum atomic E-state index is -0.532. The Morgan fingerprint density at radius 3 is 2.07 bits per heavy atom. The predicted octanol–water partition coefficient (Wildman–Crippen LogP) is 3.48. The van der Waals surface area contributed by atoms with Gasteiger partial charge in [0.2, 0.25) is 0 Å². The van der Waals surface area contributed by atoms with Crippen molar-refractivity contribution in [2.24, 2.45) is 0 Å². The van der Waals surface area contributed by atoms with Gasteiger partial charge in [0.25, 0.3) is 0 Å². The molecule has 2 nitrogen and oxygen atoms in total. The molecule has 1 atom stereocenters. The van der Waals surface area contributed by atoms with E-state index in [0.717, 1.165) is 12.8 Å². The third kappa shape index (κ3) is 10.0. The van der Waals surface area contributed by atoms with Crippen molar-refractivity contribution < 1.29 is 9.84 Å². The molecule has 86 valence electrons. The molecule has 0 aliphatic rings. The van der Waals surface area contributed by atoms with Crippen LogP contribution in [0.1, 0.15) is 65.2 Å². The summed E-state index contributed by atoms with van der Waals surface area (Å²) >= 11 is 0. The normalized spacial score (nSPS) is 13.1. The zero-order valence-corrected chi connectivity index (χ0v) is 9.80. The summed E-state index contributed by atoms with van der Waals surface area (Å²) in [4.78, 5) is 0. The molecular weight excluding hydrogens is 176 g/mol. The summed E-state index contributed by atoms with van der Waals surface area (Å²) in [7, 11) is 0. The molecule has 0 bridgehead atoms. The fourth-order valence-corrected chi connectivity index (χ4v) is 1.55. The predicted molar refractivity (Wildman–Crippen MR) is 60.2 cm³/mol. The van der Waals surface area contributed by atoms with Crippen LogP contribution in [0.15, 0.2) is 0 Å². The van der Waals surface area contributed by atoms with E-state index in [1.807, 2.05) is 6.92 Å². The molecule has 0 aliphatic carbocycles. The number of rotatable bonds is 10. The van der Waals surface area contributed by atoms with Crippen LogP contribution in [0.4, 0.5) is 0 Å². The van der Waals surface area contributed by atoms with Crippen molar-refractivity contribution in [1.29, 1.82) is 0 Å². The fourth-order valence-electron chi connectivity index (χ4n) is 1.55. The van der Waals surface area contributed by atoms with E-state index in [1.54, 1.807) is 0 Å². The van der Waals surface area contributed by atoms with Crippen LogP contribution in [0.25, 0.3) is 0 Å². The molecule has 0 amide bonds. The summed E-state index contributed by atoms with van der Waals surface area (Å²) in [6.07, 6.45) is 9.27. The zero-order chi connectivity index (χ0) is 10.6. The number of unbranched alkanes of at least 4 members (excludes halogenated alkanes) is 6. The monoisotopic (exact) mass is 202 g/mol. The van der Waals surface area contributed by atoms with Gasteiger partial charge in [0, 0.05) is 6.61 Å². The Hall–Kier alpha value is -0.0800. The lowest BCUT2D eigenvalue weighted by atomic mass is 10.1. The van der Waals surface area contributed by atoms with Crippen molar-refractivity contribution in [3.63, 3.8) is 0 Å². The van der Waals surface area contributed by atoms with Gasteiger partial charge in [0.15, 0.2) is 6.29 Å². The Labute approximate surface area is 88.7 Å². The third-order valence-corrected chi connectivity index (χ3v) is 2.41. The highest BCUT2D eigenvalue weighted by Crippen LogP contribution is 2.09. The number of aliphatic hydroxyl groups excluding tert-OH is 1. The molecule has 0 saturated heterocycles. The second-order valence-corrected chi connectivity index (χ2v) is 3.82. The molecule has 0 aromatic heterocycles. The van der Waals surface area contributed by atoms with Gasteiger partial charge in [-0.05, 0) is 19.8 Å². The van der Waals surface area contributed by atoms with Gasteiger partial charge in [-0.1, -0.05) is 45.4 Å². The smallest absolute Gasteiger partial charge is 0.154 e. The summed E-state index contributed by atoms with van der Waals surface area (Å²) in [5.74, 6) is 0. The van der Waals surface area contributed by atoms with E-state index in [0.29, 0.717) is 6.61 Å². The van der Waals surface area contributed by atoms with Crippen molar-refractivity contribution in [1.82, 2.24) is 0 Å². The van der Waals surface area contributed by atoms with Gasteiger partial charge in [-0.2, -0.15) is 0 Å². The van der Waals surface area contributed by atoms with Crippen molar-refractivity contribution in [2.45, 2.75) is 71.5 Å². The van der Waals surface area contributed by atoms with E-state index < -0.39 is 6.29 Å². The lowest BCUT2D eigenvalue weighted by molar-refractivity contribution is -0.0994. The topological polar surface area (TPSA) is 29.5 Å². The number of hydrogen-bond donors (Lipinski definition) is 1. The first-order valence-corrected chi connectivity index (χ1v) is 6.11. The van der Waals surface area contributed by atoms with Gasteiger partial charge in [0.1, 0.15) is 0 Å². The second kappa shape index (κ2) is 11.0. The number of ether oxygens (including phenoxy) is 1. The largest absolute Gasteiger partial charge is 0.368 e. The molecule has 0 saturated carbocycles. The van der Waals surface area contributed by atoms with Gasteiger partial charge in [-0.3, -0.25) is 0 Å². The van der Waals surface area contributed by atoms with Crippen LogP contribution in [-0.2, 0) is 4.74 Å². The molecule has 0 rings (SSSR count). The van der Waals surface area contributed by atoms with E-state index in [2.05, 4.69) is 6.92 Å². The van der Waals surface area contributed by atoms with Crippen LogP contribution in [0, 0.1) is 0 Å². The maximum absolute atomic E-state index is 9.27. The van der Waals surface area contributed by atoms with Crippen LogP contribution in [-0.4, -0.2) is 18.0 Å². The molecular formula is C12H26O2. The van der Waals surface area contributed by atoms with Crippen LogP contribution >= 0.6 is 0 Å². The van der Waals surface area contributed by atoms with Crippen LogP contribution < -0.4 is 0 Å². The third-order valence-electron chi connectivity index (χ3n) is 2.41. The Balaban J connectivity index is 2.98. The fraction of sp³-hybridized carbons (Fsp3) is 1.00. The SMILES string of the molecule is CCCCCCCCCC(O)OCC. The van der Waals surface area contributed by atoms with Gasteiger partial charge in [-0.25, -0.2) is 0 Å². The first-order valence-electron chi connectivity index (χ1n) is 6.11. The van der Waals surface area contributed by atoms with E-state index >= 15 is 0 Å². The molecule has 0 aliphatic heterocycles. The number of aliphatic hydroxyl groups is 1. The second-order valence-electron chi connectivity index (χ2n) is 3.82. The van der Waals surface area contributed by atoms with Crippen molar-refractivity contribution in [2.75, 3.05) is 6.61 Å². The van der Waals surface area contributed by atoms with Crippen molar-refractivity contribution >= 4 is 0 Å². The van der Waals surface area contributed by atoms with Gasteiger partial charge >= 0.3 is 0 Å². The molecule has 0 heterocycles. The van der Waals surface area contributed by atoms with Crippen molar-refractivity contribution in [3.8, 4) is 0 Å². The maximum atomic E-state index is 9.27. The molecule has 1 unspecified atom stereocenters. The zero-order valence-electron chi connectivity index (χ0n) is 9.80. The van der Waals surface area contributed by atoms with E-state index in [-0.39, 0.29) is 0 Å². The summed E-state index contributed by atoms with van der Waals surface area (Å²) in [5, 5.41) is 9.27. The molecule has 1 N–H and O–H groups in total. The summed E-state index contributed by atoms with van der Waals surface area (Å²) in [6, 6.07) is 0. The van der Waals surface area contributed by atoms with E-state index in [1.165, 1.54) is 38.5 Å². The average Bonchev–Trinajstić information content (AvgIpc) is 2.17. The molecule has 0 fully saturated rings. The van der Waals surface area contributed by atoms with Gasteiger partial charge in [-0.15, -0.1) is 0 Å². The minimum absolute atomic E-state index is 0.532. The minimum Gasteiger partial charge on any atom is -0.368 e. The van der Waals surface area contributed by atoms with Gasteiger partial charge < -0.3 is 9.84 Å². The first kappa shape index (κ1) is 13.9. The molecule has 0 radical (unpaired) electrons. The highest BCUT2D eigenvalue weighted by Gasteiger charge is 2.01. The molecule has 0 spiro atoms. The number of hydrogen-bond acceptors (Lipinski definition) is 2. The standard InChI is InChI=1S/C12H26O2/c1-3-5-6-7-8-9-10-11-12(13)14-4-2/h12-13H,3-11H2,1-2H3. The van der Waals surface area contributed by atoms with Crippen LogP contribution in [0.5, 0.6) is 0 Å². The summed E-state index contributed by atoms with van der Waals surface area (Å²) in [6.45, 7) is 4.75. The van der Waals surface area contributed by atoms with Crippen LogP contribution in [0.3, 0.4) is 0 Å². The Bertz CT molecular complexity index is 104. The Morgan fingerprint density at radius 1 is 0.929 bits per heavy atom. The molecule has 0 aromatic rings. The molecule has 14 heavy (non-hydrogen) atoms. The lowest BCUT2D eigenvalue weighted by Gasteiger charge is -2.09. The Morgan fingerprint density at radius 2 is 1.50 bits per heavy atom. The van der Waals surface area contributed by atoms with Gasteiger partial charge in [0.05, 0.1) is 0 Å². The quantitative estimate of drug-likeness (QED) is 0.434. The van der Waals surface area contributed by atoms with Crippen LogP contribution in [0.2, 0.25) is 0 Å². The lowest BCUT2D eigenvalue weighted by Crippen LogP contribution is -2.10. The first-order chi connectivity index (χ1) is 6.81. The molecule has 0 aromatic carbocycles. The molecule has 2 heteroatoms. The Kier molecular flexibility index (Phi) is 10.9. The average molecular weight is 202 g/mol. The van der Waals surface area contributed by atoms with E-state index in [9.17, 15) is 5.11 Å². The van der Waals surface area contributed by atoms with Crippen molar-refractivity contribution in [3.05, 3.63) is 0 Å². The summed E-state index contributed by atoms with van der Waals surface area (Å²) < 4.78 is 5.04. The highest BCUT2D eigenvalue weighted by molar-refractivity contribution is 4.47. The van der Waals surface area contributed by atoms with E-state index in [4.69, 9.17) is 4.74 Å². The highest BCUT2D eigenvalue weighted by atomic mass is 16.6. The maximum Gasteiger partial charge on any atom is 0.154 e.